The number of amides is 1. The van der Waals surface area contributed by atoms with Crippen molar-refractivity contribution in [3.8, 4) is 6.07 Å². The van der Waals surface area contributed by atoms with E-state index < -0.39 is 5.97 Å². The second-order valence-electron chi connectivity index (χ2n) is 5.70. The third kappa shape index (κ3) is 5.04. The maximum absolute atomic E-state index is 12.2. The lowest BCUT2D eigenvalue weighted by Crippen LogP contribution is -2.11. The van der Waals surface area contributed by atoms with Crippen LogP contribution in [0.2, 0.25) is 0 Å². The molecule has 1 heterocycles. The van der Waals surface area contributed by atoms with Gasteiger partial charge in [-0.15, -0.1) is 11.3 Å². The molecule has 134 valence electrons. The van der Waals surface area contributed by atoms with Crippen molar-refractivity contribution in [1.29, 1.82) is 5.26 Å². The number of nitrogens with zero attached hydrogens (tertiary/aromatic N) is 1. The first kappa shape index (κ1) is 19.9. The average molecular weight is 433 g/mol. The van der Waals surface area contributed by atoms with Crippen molar-refractivity contribution < 1.29 is 14.3 Å². The molecule has 0 aliphatic rings. The van der Waals surface area contributed by atoms with E-state index in [9.17, 15) is 14.9 Å². The van der Waals surface area contributed by atoms with E-state index in [1.165, 1.54) is 6.08 Å². The zero-order chi connectivity index (χ0) is 19.3. The number of carbonyl (C=O) groups is 2. The maximum Gasteiger partial charge on any atom is 0.348 e. The lowest BCUT2D eigenvalue weighted by Gasteiger charge is -2.06. The Morgan fingerprint density at radius 3 is 2.54 bits per heavy atom. The predicted octanol–water partition coefficient (Wildman–Crippen LogP) is 4.91. The monoisotopic (exact) mass is 432 g/mol. The number of hydrogen-bond donors (Lipinski definition) is 1. The molecule has 2 aromatic rings. The molecule has 1 N–H and O–H groups in total. The number of halogens is 1. The van der Waals surface area contributed by atoms with Gasteiger partial charge in [-0.1, -0.05) is 28.1 Å². The van der Waals surface area contributed by atoms with E-state index in [0.29, 0.717) is 15.4 Å². The first-order valence-corrected chi connectivity index (χ1v) is 9.42. The van der Waals surface area contributed by atoms with Gasteiger partial charge < -0.3 is 10.1 Å². The number of esters is 1. The highest BCUT2D eigenvalue weighted by atomic mass is 79.9. The van der Waals surface area contributed by atoms with Gasteiger partial charge in [0.2, 0.25) is 5.91 Å². The number of benzene rings is 1. The van der Waals surface area contributed by atoms with E-state index in [1.807, 2.05) is 30.3 Å². The van der Waals surface area contributed by atoms with Crippen LogP contribution in [0.4, 0.5) is 5.00 Å². The van der Waals surface area contributed by atoms with Crippen LogP contribution in [0.3, 0.4) is 0 Å². The van der Waals surface area contributed by atoms with Gasteiger partial charge >= 0.3 is 5.97 Å². The third-order valence-electron chi connectivity index (χ3n) is 3.32. The molecular formula is C19H17BrN2O3S. The normalized spacial score (nSPS) is 10.8. The van der Waals surface area contributed by atoms with E-state index in [-0.39, 0.29) is 17.6 Å². The fourth-order valence-corrected chi connectivity index (χ4v) is 3.41. The van der Waals surface area contributed by atoms with Gasteiger partial charge in [0.1, 0.15) is 15.9 Å². The first-order valence-electron chi connectivity index (χ1n) is 7.81. The van der Waals surface area contributed by atoms with Crippen molar-refractivity contribution in [3.05, 3.63) is 56.4 Å². The minimum absolute atomic E-state index is 0.263. The molecule has 0 bridgehead atoms. The Morgan fingerprint density at radius 2 is 1.96 bits per heavy atom. The zero-order valence-electron chi connectivity index (χ0n) is 14.5. The SMILES string of the molecule is Cc1c(C(=O)OC(C)C)sc(NC(=O)/C=C\c2ccc(Br)cc2)c1C#N. The van der Waals surface area contributed by atoms with Crippen molar-refractivity contribution in [2.75, 3.05) is 5.32 Å². The molecule has 0 aliphatic heterocycles. The lowest BCUT2D eigenvalue weighted by atomic mass is 10.1. The second-order valence-corrected chi connectivity index (χ2v) is 7.64. The first-order chi connectivity index (χ1) is 12.3. The number of rotatable bonds is 5. The van der Waals surface area contributed by atoms with Crippen LogP contribution in [0.25, 0.3) is 6.08 Å². The highest BCUT2D eigenvalue weighted by molar-refractivity contribution is 9.10. The van der Waals surface area contributed by atoms with E-state index >= 15 is 0 Å². The van der Waals surface area contributed by atoms with Crippen molar-refractivity contribution in [3.63, 3.8) is 0 Å². The summed E-state index contributed by atoms with van der Waals surface area (Å²) >= 11 is 4.39. The van der Waals surface area contributed by atoms with Gasteiger partial charge in [0, 0.05) is 10.5 Å². The molecule has 0 atom stereocenters. The molecule has 0 saturated carbocycles. The van der Waals surface area contributed by atoms with E-state index in [1.54, 1.807) is 26.8 Å². The largest absolute Gasteiger partial charge is 0.459 e. The Labute approximate surface area is 164 Å². The standard InChI is InChI=1S/C19H17BrN2O3S/c1-11(2)25-19(24)17-12(3)15(10-21)18(26-17)22-16(23)9-6-13-4-7-14(20)8-5-13/h4-9,11H,1-3H3,(H,22,23)/b9-6-. The smallest absolute Gasteiger partial charge is 0.348 e. The molecule has 0 fully saturated rings. The molecule has 0 unspecified atom stereocenters. The molecule has 0 saturated heterocycles. The van der Waals surface area contributed by atoms with Crippen LogP contribution in [0.5, 0.6) is 0 Å². The van der Waals surface area contributed by atoms with E-state index in [2.05, 4.69) is 21.2 Å². The third-order valence-corrected chi connectivity index (χ3v) is 5.04. The second kappa shape index (κ2) is 8.79. The molecule has 2 rings (SSSR count). The van der Waals surface area contributed by atoms with Gasteiger partial charge in [-0.2, -0.15) is 5.26 Å². The lowest BCUT2D eigenvalue weighted by molar-refractivity contribution is -0.111. The van der Waals surface area contributed by atoms with Crippen LogP contribution in [-0.2, 0) is 9.53 Å². The van der Waals surface area contributed by atoms with Gasteiger partial charge in [0.15, 0.2) is 0 Å². The number of anilines is 1. The highest BCUT2D eigenvalue weighted by Crippen LogP contribution is 2.33. The number of nitriles is 1. The summed E-state index contributed by atoms with van der Waals surface area (Å²) in [6, 6.07) is 9.52. The summed E-state index contributed by atoms with van der Waals surface area (Å²) in [4.78, 5) is 24.6. The molecule has 0 spiro atoms. The van der Waals surface area contributed by atoms with Crippen molar-refractivity contribution in [2.24, 2.45) is 0 Å². The molecule has 5 nitrogen and oxygen atoms in total. The van der Waals surface area contributed by atoms with Gasteiger partial charge in [-0.25, -0.2) is 4.79 Å². The van der Waals surface area contributed by atoms with Gasteiger partial charge in [-0.3, -0.25) is 4.79 Å². The Hall–Kier alpha value is -2.43. The Morgan fingerprint density at radius 1 is 1.31 bits per heavy atom. The number of nitrogens with one attached hydrogen (secondary N) is 1. The van der Waals surface area contributed by atoms with Crippen molar-refractivity contribution in [1.82, 2.24) is 0 Å². The van der Waals surface area contributed by atoms with Crippen molar-refractivity contribution in [2.45, 2.75) is 26.9 Å². The molecule has 7 heteroatoms. The zero-order valence-corrected chi connectivity index (χ0v) is 16.9. The van der Waals surface area contributed by atoms with Crippen LogP contribution in [-0.4, -0.2) is 18.0 Å². The molecule has 0 aliphatic carbocycles. The number of carbonyl (C=O) groups excluding carboxylic acids is 2. The fourth-order valence-electron chi connectivity index (χ4n) is 2.10. The molecule has 0 radical (unpaired) electrons. The summed E-state index contributed by atoms with van der Waals surface area (Å²) in [7, 11) is 0. The van der Waals surface area contributed by atoms with Gasteiger partial charge in [0.05, 0.1) is 11.7 Å². The van der Waals surface area contributed by atoms with Crippen LogP contribution in [0.15, 0.2) is 34.8 Å². The fraction of sp³-hybridized carbons (Fsp3) is 0.211. The number of hydrogen-bond acceptors (Lipinski definition) is 5. The predicted molar refractivity (Wildman–Crippen MR) is 106 cm³/mol. The van der Waals surface area contributed by atoms with Gasteiger partial charge in [-0.05, 0) is 50.1 Å². The topological polar surface area (TPSA) is 79.2 Å². The molecule has 26 heavy (non-hydrogen) atoms. The molecule has 1 aromatic heterocycles. The van der Waals surface area contributed by atoms with Crippen LogP contribution in [0, 0.1) is 18.3 Å². The Balaban J connectivity index is 2.18. The van der Waals surface area contributed by atoms with Crippen LogP contribution >= 0.6 is 27.3 Å². The summed E-state index contributed by atoms with van der Waals surface area (Å²) in [6.07, 6.45) is 2.79. The number of thiophene rings is 1. The summed E-state index contributed by atoms with van der Waals surface area (Å²) < 4.78 is 6.13. The molecular weight excluding hydrogens is 416 g/mol. The van der Waals surface area contributed by atoms with Crippen LogP contribution in [0.1, 0.15) is 40.2 Å². The summed E-state index contributed by atoms with van der Waals surface area (Å²) in [5.74, 6) is -0.876. The number of ether oxygens (including phenoxy) is 1. The molecule has 1 amide bonds. The minimum Gasteiger partial charge on any atom is -0.459 e. The summed E-state index contributed by atoms with van der Waals surface area (Å²) in [6.45, 7) is 5.17. The average Bonchev–Trinajstić information content (AvgIpc) is 2.89. The van der Waals surface area contributed by atoms with E-state index in [4.69, 9.17) is 4.74 Å². The Kier molecular flexibility index (Phi) is 6.72. The molecule has 1 aromatic carbocycles. The minimum atomic E-state index is -0.495. The Bertz CT molecular complexity index is 893. The summed E-state index contributed by atoms with van der Waals surface area (Å²) in [5.41, 5.74) is 1.65. The van der Waals surface area contributed by atoms with Gasteiger partial charge in [0.25, 0.3) is 0 Å². The quantitative estimate of drug-likeness (QED) is 0.537. The van der Waals surface area contributed by atoms with Crippen LogP contribution < -0.4 is 5.32 Å². The van der Waals surface area contributed by atoms with Crippen molar-refractivity contribution >= 4 is 50.2 Å². The van der Waals surface area contributed by atoms with E-state index in [0.717, 1.165) is 21.4 Å². The summed E-state index contributed by atoms with van der Waals surface area (Å²) in [5, 5.41) is 12.4. The maximum atomic E-state index is 12.2. The highest BCUT2D eigenvalue weighted by Gasteiger charge is 2.22.